The zero-order valence-electron chi connectivity index (χ0n) is 17.4. The first-order valence-corrected chi connectivity index (χ1v) is 9.50. The molecule has 0 saturated heterocycles. The van der Waals surface area contributed by atoms with E-state index >= 15 is 0 Å². The van der Waals surface area contributed by atoms with E-state index in [-0.39, 0.29) is 12.5 Å². The van der Waals surface area contributed by atoms with Gasteiger partial charge in [-0.05, 0) is 35.3 Å². The second kappa shape index (κ2) is 9.73. The lowest BCUT2D eigenvalue weighted by molar-refractivity contribution is -0.139. The minimum absolute atomic E-state index is 0.105. The number of methoxy groups -OCH3 is 2. The Bertz CT molecular complexity index is 1020. The van der Waals surface area contributed by atoms with Gasteiger partial charge in [-0.3, -0.25) is 0 Å². The Hall–Kier alpha value is -3.61. The summed E-state index contributed by atoms with van der Waals surface area (Å²) in [5, 5.41) is 3.95. The van der Waals surface area contributed by atoms with Crippen molar-refractivity contribution in [1.29, 1.82) is 0 Å². The number of carbonyl (C=O) groups excluding carboxylic acids is 1. The van der Waals surface area contributed by atoms with Crippen molar-refractivity contribution in [3.63, 3.8) is 0 Å². The predicted octanol–water partition coefficient (Wildman–Crippen LogP) is 4.63. The van der Waals surface area contributed by atoms with Gasteiger partial charge in [-0.2, -0.15) is 4.98 Å². The fourth-order valence-electron chi connectivity index (χ4n) is 2.75. The van der Waals surface area contributed by atoms with Crippen molar-refractivity contribution < 1.29 is 23.5 Å². The van der Waals surface area contributed by atoms with Crippen LogP contribution in [0.4, 0.5) is 0 Å². The first-order chi connectivity index (χ1) is 14.5. The number of ether oxygens (including phenoxy) is 3. The summed E-state index contributed by atoms with van der Waals surface area (Å²) in [6.07, 6.45) is 2.95. The lowest BCUT2D eigenvalue weighted by atomic mass is 10.0. The molecule has 0 atom stereocenters. The van der Waals surface area contributed by atoms with E-state index in [1.165, 1.54) is 11.6 Å². The molecule has 0 aliphatic heterocycles. The Morgan fingerprint density at radius 1 is 1.07 bits per heavy atom. The van der Waals surface area contributed by atoms with E-state index in [1.807, 2.05) is 24.3 Å². The highest BCUT2D eigenvalue weighted by Gasteiger charge is 2.11. The molecule has 7 heteroatoms. The average Bonchev–Trinajstić information content (AvgIpc) is 3.25. The topological polar surface area (TPSA) is 83.7 Å². The summed E-state index contributed by atoms with van der Waals surface area (Å²) in [4.78, 5) is 16.3. The summed E-state index contributed by atoms with van der Waals surface area (Å²) in [6.45, 7) is 4.16. The molecule has 7 nitrogen and oxygen atoms in total. The number of carbonyl (C=O) groups is 1. The molecule has 0 spiro atoms. The second-order valence-electron chi connectivity index (χ2n) is 6.84. The number of nitrogens with zero attached hydrogens (tertiary/aromatic N) is 2. The second-order valence-corrected chi connectivity index (χ2v) is 6.84. The van der Waals surface area contributed by atoms with Crippen LogP contribution in [0, 0.1) is 0 Å². The highest BCUT2D eigenvalue weighted by atomic mass is 16.6. The number of benzene rings is 2. The number of esters is 1. The van der Waals surface area contributed by atoms with Gasteiger partial charge in [0, 0.05) is 11.6 Å². The molecular weight excluding hydrogens is 384 g/mol. The van der Waals surface area contributed by atoms with E-state index in [0.29, 0.717) is 23.2 Å². The Balaban J connectivity index is 1.57. The molecule has 2 aromatic carbocycles. The maximum absolute atomic E-state index is 12.0. The Morgan fingerprint density at radius 2 is 1.80 bits per heavy atom. The molecule has 0 aliphatic carbocycles. The van der Waals surface area contributed by atoms with Crippen molar-refractivity contribution in [2.75, 3.05) is 14.2 Å². The molecule has 0 radical (unpaired) electrons. The normalized spacial score (nSPS) is 11.1. The predicted molar refractivity (Wildman–Crippen MR) is 112 cm³/mol. The van der Waals surface area contributed by atoms with Gasteiger partial charge in [-0.1, -0.05) is 49.3 Å². The standard InChI is InChI=1S/C23H24N2O5/c1-15(2)17-7-9-18(10-8-17)23-24-21(30-25-23)14-29-22(26)12-6-16-5-11-19(27-3)20(13-16)28-4/h5-13,15H,14H2,1-4H3/b12-6+. The van der Waals surface area contributed by atoms with Crippen molar-refractivity contribution in [1.82, 2.24) is 10.1 Å². The van der Waals surface area contributed by atoms with Crippen LogP contribution in [-0.4, -0.2) is 30.3 Å². The molecule has 156 valence electrons. The van der Waals surface area contributed by atoms with E-state index < -0.39 is 5.97 Å². The monoisotopic (exact) mass is 408 g/mol. The summed E-state index contributed by atoms with van der Waals surface area (Å²) in [5.41, 5.74) is 2.85. The number of rotatable bonds is 8. The van der Waals surface area contributed by atoms with Crippen LogP contribution in [0.3, 0.4) is 0 Å². The summed E-state index contributed by atoms with van der Waals surface area (Å²) >= 11 is 0. The van der Waals surface area contributed by atoms with Gasteiger partial charge >= 0.3 is 5.97 Å². The van der Waals surface area contributed by atoms with Gasteiger partial charge in [0.15, 0.2) is 18.1 Å². The molecule has 3 aromatic rings. The van der Waals surface area contributed by atoms with Crippen LogP contribution in [-0.2, 0) is 16.1 Å². The van der Waals surface area contributed by atoms with Crippen molar-refractivity contribution in [2.45, 2.75) is 26.4 Å². The van der Waals surface area contributed by atoms with Gasteiger partial charge in [0.05, 0.1) is 14.2 Å². The van der Waals surface area contributed by atoms with E-state index in [2.05, 4.69) is 24.0 Å². The summed E-state index contributed by atoms with van der Waals surface area (Å²) < 4.78 is 20.8. The average molecular weight is 408 g/mol. The molecule has 3 rings (SSSR count). The Kier molecular flexibility index (Phi) is 6.85. The minimum atomic E-state index is -0.522. The lowest BCUT2D eigenvalue weighted by Gasteiger charge is -2.07. The Morgan fingerprint density at radius 3 is 2.47 bits per heavy atom. The fourth-order valence-corrected chi connectivity index (χ4v) is 2.75. The van der Waals surface area contributed by atoms with E-state index in [0.717, 1.165) is 11.1 Å². The number of hydrogen-bond acceptors (Lipinski definition) is 7. The van der Waals surface area contributed by atoms with Crippen molar-refractivity contribution in [3.05, 3.63) is 65.6 Å². The molecule has 0 amide bonds. The third-order valence-corrected chi connectivity index (χ3v) is 4.46. The van der Waals surface area contributed by atoms with Crippen molar-refractivity contribution in [3.8, 4) is 22.9 Å². The van der Waals surface area contributed by atoms with Crippen LogP contribution >= 0.6 is 0 Å². The molecule has 0 unspecified atom stereocenters. The van der Waals surface area contributed by atoms with Crippen molar-refractivity contribution >= 4 is 12.0 Å². The summed E-state index contributed by atoms with van der Waals surface area (Å²) in [6, 6.07) is 13.3. The van der Waals surface area contributed by atoms with Crippen LogP contribution in [0.5, 0.6) is 11.5 Å². The summed E-state index contributed by atoms with van der Waals surface area (Å²) in [7, 11) is 3.12. The zero-order chi connectivity index (χ0) is 21.5. The first-order valence-electron chi connectivity index (χ1n) is 9.50. The van der Waals surface area contributed by atoms with Gasteiger partial charge < -0.3 is 18.7 Å². The third kappa shape index (κ3) is 5.26. The molecule has 0 bridgehead atoms. The SMILES string of the molecule is COc1ccc(/C=C/C(=O)OCc2nc(-c3ccc(C(C)C)cc3)no2)cc1OC. The van der Waals surface area contributed by atoms with Crippen LogP contribution in [0.1, 0.15) is 36.8 Å². The third-order valence-electron chi connectivity index (χ3n) is 4.46. The van der Waals surface area contributed by atoms with E-state index in [9.17, 15) is 4.79 Å². The van der Waals surface area contributed by atoms with Crippen LogP contribution < -0.4 is 9.47 Å². The highest BCUT2D eigenvalue weighted by molar-refractivity contribution is 5.87. The number of hydrogen-bond donors (Lipinski definition) is 0. The van der Waals surface area contributed by atoms with Crippen LogP contribution in [0.15, 0.2) is 53.1 Å². The van der Waals surface area contributed by atoms with Gasteiger partial charge in [-0.25, -0.2) is 4.79 Å². The smallest absolute Gasteiger partial charge is 0.331 e. The molecule has 0 aliphatic rings. The molecule has 1 heterocycles. The quantitative estimate of drug-likeness (QED) is 0.397. The molecular formula is C23H24N2O5. The van der Waals surface area contributed by atoms with E-state index in [1.54, 1.807) is 38.5 Å². The fraction of sp³-hybridized carbons (Fsp3) is 0.261. The van der Waals surface area contributed by atoms with Crippen LogP contribution in [0.2, 0.25) is 0 Å². The van der Waals surface area contributed by atoms with Gasteiger partial charge in [-0.15, -0.1) is 0 Å². The van der Waals surface area contributed by atoms with Crippen molar-refractivity contribution in [2.24, 2.45) is 0 Å². The molecule has 0 saturated carbocycles. The lowest BCUT2D eigenvalue weighted by Crippen LogP contribution is -2.01. The summed E-state index contributed by atoms with van der Waals surface area (Å²) in [5.74, 6) is 1.80. The zero-order valence-corrected chi connectivity index (χ0v) is 17.4. The maximum Gasteiger partial charge on any atom is 0.331 e. The van der Waals surface area contributed by atoms with E-state index in [4.69, 9.17) is 18.7 Å². The molecule has 0 fully saturated rings. The Labute approximate surface area is 175 Å². The van der Waals surface area contributed by atoms with Crippen LogP contribution in [0.25, 0.3) is 17.5 Å². The maximum atomic E-state index is 12.0. The largest absolute Gasteiger partial charge is 0.493 e. The van der Waals surface area contributed by atoms with Gasteiger partial charge in [0.25, 0.3) is 5.89 Å². The number of aromatic nitrogens is 2. The van der Waals surface area contributed by atoms with Gasteiger partial charge in [0.2, 0.25) is 5.82 Å². The molecule has 30 heavy (non-hydrogen) atoms. The molecule has 0 N–H and O–H groups in total. The molecule has 1 aromatic heterocycles. The minimum Gasteiger partial charge on any atom is -0.493 e. The first kappa shape index (κ1) is 21.1. The van der Waals surface area contributed by atoms with Gasteiger partial charge in [0.1, 0.15) is 0 Å². The highest BCUT2D eigenvalue weighted by Crippen LogP contribution is 2.28.